The fourth-order valence-electron chi connectivity index (χ4n) is 4.27. The lowest BCUT2D eigenvalue weighted by molar-refractivity contribution is 0.0163. The molecule has 2 bridgehead atoms. The normalized spacial score (nSPS) is 22.9. The van der Waals surface area contributed by atoms with Crippen LogP contribution in [0.3, 0.4) is 0 Å². The van der Waals surface area contributed by atoms with Gasteiger partial charge in [-0.1, -0.05) is 31.9 Å². The zero-order valence-electron chi connectivity index (χ0n) is 15.4. The van der Waals surface area contributed by atoms with E-state index in [-0.39, 0.29) is 0 Å². The summed E-state index contributed by atoms with van der Waals surface area (Å²) < 4.78 is 19.8. The summed E-state index contributed by atoms with van der Waals surface area (Å²) in [5.41, 5.74) is 2.13. The number of ether oxygens (including phenoxy) is 3. The lowest BCUT2D eigenvalue weighted by atomic mass is 10.1. The van der Waals surface area contributed by atoms with Crippen LogP contribution < -0.4 is 9.64 Å². The van der Waals surface area contributed by atoms with Crippen LogP contribution in [0.4, 0.5) is 11.4 Å². The van der Waals surface area contributed by atoms with Crippen LogP contribution in [0.5, 0.6) is 11.5 Å². The second-order valence-corrected chi connectivity index (χ2v) is 9.26. The first-order valence-electron chi connectivity index (χ1n) is 9.65. The third-order valence-electron chi connectivity index (χ3n) is 5.64. The van der Waals surface area contributed by atoms with E-state index in [4.69, 9.17) is 14.2 Å². The van der Waals surface area contributed by atoms with Crippen molar-refractivity contribution in [2.75, 3.05) is 44.4 Å². The lowest BCUT2D eigenvalue weighted by Crippen LogP contribution is -2.39. The van der Waals surface area contributed by atoms with Gasteiger partial charge in [-0.25, -0.2) is 0 Å². The Kier molecular flexibility index (Phi) is 5.36. The maximum atomic E-state index is 6.13. The molecule has 0 aromatic heterocycles. The van der Waals surface area contributed by atoms with Gasteiger partial charge in [-0.05, 0) is 42.8 Å². The number of rotatable bonds is 6. The predicted octanol–water partition coefficient (Wildman–Crippen LogP) is 4.95. The molecular weight excluding hydrogens is 488 g/mol. The minimum atomic E-state index is 0.449. The van der Waals surface area contributed by atoms with Crippen LogP contribution in [0, 0.1) is 0 Å². The van der Waals surface area contributed by atoms with Crippen LogP contribution >= 0.6 is 31.9 Å². The molecule has 0 aliphatic carbocycles. The highest BCUT2D eigenvalue weighted by molar-refractivity contribution is 9.10. The van der Waals surface area contributed by atoms with Crippen molar-refractivity contribution in [3.63, 3.8) is 0 Å². The standard InChI is InChI=1S/C21H22Br2N2O3/c22-14-1-3-18-20(9-14)28-21-10-15(23)2-4-19(21)25(18)6-8-26-7-5-24-12-17-11-16(24)13-27-17/h1-4,9-10,16-17H,5-8,11-13H2/t16-,17-/m0/s1. The van der Waals surface area contributed by atoms with Crippen molar-refractivity contribution in [3.8, 4) is 11.5 Å². The summed E-state index contributed by atoms with van der Waals surface area (Å²) in [6.45, 7) is 5.14. The molecule has 3 aliphatic rings. The van der Waals surface area contributed by atoms with E-state index in [0.717, 1.165) is 64.7 Å². The van der Waals surface area contributed by atoms with Crippen molar-refractivity contribution >= 4 is 43.2 Å². The monoisotopic (exact) mass is 508 g/mol. The fourth-order valence-corrected chi connectivity index (χ4v) is 4.95. The van der Waals surface area contributed by atoms with Crippen LogP contribution in [0.1, 0.15) is 6.42 Å². The van der Waals surface area contributed by atoms with Gasteiger partial charge in [-0.3, -0.25) is 4.90 Å². The predicted molar refractivity (Wildman–Crippen MR) is 116 cm³/mol. The van der Waals surface area contributed by atoms with Crippen molar-refractivity contribution < 1.29 is 14.2 Å². The van der Waals surface area contributed by atoms with E-state index in [2.05, 4.69) is 53.8 Å². The zero-order valence-corrected chi connectivity index (χ0v) is 18.6. The van der Waals surface area contributed by atoms with Crippen LogP contribution in [-0.4, -0.2) is 56.5 Å². The van der Waals surface area contributed by atoms with Crippen LogP contribution in [0.15, 0.2) is 45.3 Å². The summed E-state index contributed by atoms with van der Waals surface area (Å²) in [6.07, 6.45) is 1.64. The molecule has 0 spiro atoms. The maximum Gasteiger partial charge on any atom is 0.152 e. The topological polar surface area (TPSA) is 34.2 Å². The number of benzene rings is 2. The highest BCUT2D eigenvalue weighted by Crippen LogP contribution is 2.48. The first-order chi connectivity index (χ1) is 13.7. The van der Waals surface area contributed by atoms with Crippen LogP contribution in [0.2, 0.25) is 0 Å². The molecule has 2 saturated heterocycles. The fraction of sp³-hybridized carbons (Fsp3) is 0.429. The van der Waals surface area contributed by atoms with Gasteiger partial charge in [0.2, 0.25) is 0 Å². The van der Waals surface area contributed by atoms with Gasteiger partial charge in [0.1, 0.15) is 0 Å². The number of anilines is 2. The van der Waals surface area contributed by atoms with Crippen molar-refractivity contribution in [2.24, 2.45) is 0 Å². The smallest absolute Gasteiger partial charge is 0.152 e. The van der Waals surface area contributed by atoms with E-state index in [9.17, 15) is 0 Å². The van der Waals surface area contributed by atoms with E-state index >= 15 is 0 Å². The van der Waals surface area contributed by atoms with E-state index in [1.165, 1.54) is 6.42 Å². The molecule has 148 valence electrons. The highest BCUT2D eigenvalue weighted by Gasteiger charge is 2.38. The molecule has 3 aliphatic heterocycles. The molecule has 7 heteroatoms. The number of halogens is 2. The minimum absolute atomic E-state index is 0.449. The minimum Gasteiger partial charge on any atom is -0.453 e. The van der Waals surface area contributed by atoms with E-state index in [1.807, 2.05) is 24.3 Å². The number of likely N-dealkylation sites (tertiary alicyclic amines) is 1. The number of hydrogen-bond acceptors (Lipinski definition) is 5. The van der Waals surface area contributed by atoms with Crippen LogP contribution in [-0.2, 0) is 9.47 Å². The Morgan fingerprint density at radius 3 is 2.25 bits per heavy atom. The summed E-state index contributed by atoms with van der Waals surface area (Å²) in [4.78, 5) is 4.78. The van der Waals surface area contributed by atoms with Crippen molar-refractivity contribution in [1.29, 1.82) is 0 Å². The molecule has 5 rings (SSSR count). The van der Waals surface area contributed by atoms with E-state index < -0.39 is 0 Å². The quantitative estimate of drug-likeness (QED) is 0.515. The van der Waals surface area contributed by atoms with E-state index in [0.29, 0.717) is 18.8 Å². The van der Waals surface area contributed by atoms with E-state index in [1.54, 1.807) is 0 Å². The Morgan fingerprint density at radius 2 is 1.64 bits per heavy atom. The second kappa shape index (κ2) is 7.95. The van der Waals surface area contributed by atoms with Gasteiger partial charge in [0.25, 0.3) is 0 Å². The third-order valence-corrected chi connectivity index (χ3v) is 6.63. The van der Waals surface area contributed by atoms with Gasteiger partial charge < -0.3 is 19.1 Å². The molecule has 0 amide bonds. The Bertz CT molecular complexity index is 827. The number of morpholine rings is 1. The first-order valence-corrected chi connectivity index (χ1v) is 11.2. The Labute approximate surface area is 181 Å². The number of fused-ring (bicyclic) bond motifs is 4. The molecule has 2 aromatic carbocycles. The number of hydrogen-bond donors (Lipinski definition) is 0. The van der Waals surface area contributed by atoms with Gasteiger partial charge in [-0.2, -0.15) is 0 Å². The lowest BCUT2D eigenvalue weighted by Gasteiger charge is -2.33. The number of nitrogens with zero attached hydrogens (tertiary/aromatic N) is 2. The molecular formula is C21H22Br2N2O3. The first kappa shape index (κ1) is 18.9. The average molecular weight is 510 g/mol. The zero-order chi connectivity index (χ0) is 19.1. The molecule has 2 fully saturated rings. The molecule has 0 radical (unpaired) electrons. The average Bonchev–Trinajstić information content (AvgIpc) is 3.30. The molecule has 0 N–H and O–H groups in total. The van der Waals surface area contributed by atoms with Crippen molar-refractivity contribution in [3.05, 3.63) is 45.3 Å². The van der Waals surface area contributed by atoms with Gasteiger partial charge in [0.05, 0.1) is 37.3 Å². The van der Waals surface area contributed by atoms with Crippen molar-refractivity contribution in [1.82, 2.24) is 4.90 Å². The van der Waals surface area contributed by atoms with Gasteiger partial charge in [-0.15, -0.1) is 0 Å². The Balaban J connectivity index is 1.23. The summed E-state index contributed by atoms with van der Waals surface area (Å²) in [5, 5.41) is 0. The molecule has 28 heavy (non-hydrogen) atoms. The summed E-state index contributed by atoms with van der Waals surface area (Å²) in [7, 11) is 0. The highest BCUT2D eigenvalue weighted by atomic mass is 79.9. The van der Waals surface area contributed by atoms with Gasteiger partial charge in [0.15, 0.2) is 11.5 Å². The molecule has 0 unspecified atom stereocenters. The summed E-state index contributed by atoms with van der Waals surface area (Å²) in [6, 6.07) is 12.9. The van der Waals surface area contributed by atoms with Crippen molar-refractivity contribution in [2.45, 2.75) is 18.6 Å². The molecule has 2 atom stereocenters. The van der Waals surface area contributed by atoms with Gasteiger partial charge >= 0.3 is 0 Å². The molecule has 3 heterocycles. The Morgan fingerprint density at radius 1 is 0.964 bits per heavy atom. The Hall–Kier alpha value is -1.12. The molecule has 5 nitrogen and oxygen atoms in total. The second-order valence-electron chi connectivity index (χ2n) is 7.43. The third kappa shape index (κ3) is 3.71. The molecule has 2 aromatic rings. The summed E-state index contributed by atoms with van der Waals surface area (Å²) >= 11 is 7.08. The summed E-state index contributed by atoms with van der Waals surface area (Å²) in [5.74, 6) is 1.71. The van der Waals surface area contributed by atoms with Gasteiger partial charge in [0, 0.05) is 34.6 Å². The maximum absolute atomic E-state index is 6.13. The van der Waals surface area contributed by atoms with Crippen LogP contribution in [0.25, 0.3) is 0 Å². The SMILES string of the molecule is Brc1ccc2c(c1)Oc1cc(Br)ccc1N2CCOCCN1C[C@@H]2C[C@H]1CO2. The largest absolute Gasteiger partial charge is 0.453 e. The molecule has 0 saturated carbocycles.